The molecule has 0 radical (unpaired) electrons. The van der Waals surface area contributed by atoms with E-state index in [1.807, 2.05) is 31.2 Å². The van der Waals surface area contributed by atoms with E-state index in [0.717, 1.165) is 11.1 Å². The molecule has 2 amide bonds. The molecular weight excluding hydrogens is 300 g/mol. The van der Waals surface area contributed by atoms with Crippen LogP contribution >= 0.6 is 11.6 Å². The van der Waals surface area contributed by atoms with Gasteiger partial charge in [-0.05, 0) is 30.7 Å². The highest BCUT2D eigenvalue weighted by Gasteiger charge is 2.09. The van der Waals surface area contributed by atoms with Crippen LogP contribution in [0.5, 0.6) is 0 Å². The molecule has 0 saturated carbocycles. The monoisotopic (exact) mass is 314 g/mol. The number of amides is 2. The number of hydrogen-bond donors (Lipinski definition) is 2. The molecule has 0 atom stereocenters. The first-order valence-corrected chi connectivity index (χ1v) is 7.03. The van der Waals surface area contributed by atoms with E-state index in [1.54, 1.807) is 30.3 Å². The summed E-state index contributed by atoms with van der Waals surface area (Å²) >= 11 is 5.90. The van der Waals surface area contributed by atoms with E-state index in [-0.39, 0.29) is 0 Å². The second kappa shape index (κ2) is 7.43. The molecule has 0 aromatic heterocycles. The summed E-state index contributed by atoms with van der Waals surface area (Å²) in [6, 6.07) is 14.3. The molecule has 0 heterocycles. The van der Waals surface area contributed by atoms with Gasteiger partial charge in [0.2, 0.25) is 0 Å². The van der Waals surface area contributed by atoms with Crippen molar-refractivity contribution < 1.29 is 9.59 Å². The predicted molar refractivity (Wildman–Crippen MR) is 87.3 cm³/mol. The van der Waals surface area contributed by atoms with Gasteiger partial charge in [0.15, 0.2) is 0 Å². The zero-order valence-corrected chi connectivity index (χ0v) is 12.7. The molecule has 112 valence electrons. The normalized spacial score (nSPS) is 10.5. The third-order valence-electron chi connectivity index (χ3n) is 2.92. The Morgan fingerprint density at radius 2 is 1.68 bits per heavy atom. The number of carbonyl (C=O) groups is 2. The lowest BCUT2D eigenvalue weighted by Gasteiger charge is -2.06. The summed E-state index contributed by atoms with van der Waals surface area (Å²) in [4.78, 5) is 23.5. The molecule has 4 nitrogen and oxygen atoms in total. The quantitative estimate of drug-likeness (QED) is 0.675. The SMILES string of the molecule is Cc1ccc(/C=C/C(=O)NNC(=O)c2ccccc2Cl)cc1. The Morgan fingerprint density at radius 1 is 1.00 bits per heavy atom. The molecule has 2 rings (SSSR count). The van der Waals surface area contributed by atoms with E-state index in [9.17, 15) is 9.59 Å². The van der Waals surface area contributed by atoms with Crippen LogP contribution in [0, 0.1) is 6.92 Å². The van der Waals surface area contributed by atoms with Gasteiger partial charge in [-0.1, -0.05) is 53.6 Å². The highest BCUT2D eigenvalue weighted by molar-refractivity contribution is 6.33. The van der Waals surface area contributed by atoms with E-state index >= 15 is 0 Å². The first-order chi connectivity index (χ1) is 10.6. The number of nitrogens with one attached hydrogen (secondary N) is 2. The molecule has 2 aromatic rings. The first-order valence-electron chi connectivity index (χ1n) is 6.66. The van der Waals surface area contributed by atoms with Crippen molar-refractivity contribution in [1.29, 1.82) is 0 Å². The Bertz CT molecular complexity index is 709. The highest BCUT2D eigenvalue weighted by Crippen LogP contribution is 2.14. The minimum Gasteiger partial charge on any atom is -0.268 e. The topological polar surface area (TPSA) is 58.2 Å². The van der Waals surface area contributed by atoms with Crippen molar-refractivity contribution in [3.8, 4) is 0 Å². The van der Waals surface area contributed by atoms with Crippen LogP contribution in [0.3, 0.4) is 0 Å². The minimum atomic E-state index is -0.470. The molecule has 0 aliphatic carbocycles. The number of hydrazine groups is 1. The number of carbonyl (C=O) groups excluding carboxylic acids is 2. The summed E-state index contributed by atoms with van der Waals surface area (Å²) in [7, 11) is 0. The van der Waals surface area contributed by atoms with E-state index in [1.165, 1.54) is 6.08 Å². The van der Waals surface area contributed by atoms with E-state index < -0.39 is 11.8 Å². The summed E-state index contributed by atoms with van der Waals surface area (Å²) in [6.07, 6.45) is 3.01. The van der Waals surface area contributed by atoms with Crippen molar-refractivity contribution in [2.24, 2.45) is 0 Å². The Labute approximate surface area is 133 Å². The molecule has 0 unspecified atom stereocenters. The Hall–Kier alpha value is -2.59. The lowest BCUT2D eigenvalue weighted by atomic mass is 10.1. The summed E-state index contributed by atoms with van der Waals surface area (Å²) in [5.41, 5.74) is 6.96. The fourth-order valence-corrected chi connectivity index (χ4v) is 1.94. The third-order valence-corrected chi connectivity index (χ3v) is 3.25. The molecule has 5 heteroatoms. The maximum atomic E-state index is 11.8. The maximum absolute atomic E-state index is 11.8. The van der Waals surface area contributed by atoms with Gasteiger partial charge in [0.1, 0.15) is 0 Å². The van der Waals surface area contributed by atoms with Gasteiger partial charge < -0.3 is 0 Å². The molecule has 22 heavy (non-hydrogen) atoms. The fraction of sp³-hybridized carbons (Fsp3) is 0.0588. The molecule has 0 aliphatic rings. The van der Waals surface area contributed by atoms with Crippen LogP contribution in [0.2, 0.25) is 5.02 Å². The number of halogens is 1. The molecule has 0 bridgehead atoms. The van der Waals surface area contributed by atoms with Crippen molar-refractivity contribution in [2.45, 2.75) is 6.92 Å². The van der Waals surface area contributed by atoms with Crippen LogP contribution in [0.4, 0.5) is 0 Å². The predicted octanol–water partition coefficient (Wildman–Crippen LogP) is 3.12. The second-order valence-electron chi connectivity index (χ2n) is 4.67. The Morgan fingerprint density at radius 3 is 2.36 bits per heavy atom. The van der Waals surface area contributed by atoms with Gasteiger partial charge in [-0.3, -0.25) is 20.4 Å². The summed E-state index contributed by atoms with van der Waals surface area (Å²) in [6.45, 7) is 1.99. The Balaban J connectivity index is 1.89. The molecule has 2 N–H and O–H groups in total. The van der Waals surface area contributed by atoms with Crippen LogP contribution in [0.15, 0.2) is 54.6 Å². The van der Waals surface area contributed by atoms with Gasteiger partial charge in [-0.15, -0.1) is 0 Å². The summed E-state index contributed by atoms with van der Waals surface area (Å²) in [5, 5.41) is 0.324. The summed E-state index contributed by atoms with van der Waals surface area (Å²) < 4.78 is 0. The molecular formula is C17H15ClN2O2. The average molecular weight is 315 g/mol. The lowest BCUT2D eigenvalue weighted by Crippen LogP contribution is -2.40. The summed E-state index contributed by atoms with van der Waals surface area (Å²) in [5.74, 6) is -0.899. The van der Waals surface area contributed by atoms with Crippen LogP contribution in [0.25, 0.3) is 6.08 Å². The van der Waals surface area contributed by atoms with Crippen LogP contribution < -0.4 is 10.9 Å². The van der Waals surface area contributed by atoms with Crippen LogP contribution in [-0.2, 0) is 4.79 Å². The number of hydrogen-bond acceptors (Lipinski definition) is 2. The standard InChI is InChI=1S/C17H15ClN2O2/c1-12-6-8-13(9-7-12)10-11-16(21)19-20-17(22)14-4-2-3-5-15(14)18/h2-11H,1H3,(H,19,21)(H,20,22)/b11-10+. The average Bonchev–Trinajstić information content (AvgIpc) is 2.52. The van der Waals surface area contributed by atoms with Crippen molar-refractivity contribution in [3.63, 3.8) is 0 Å². The highest BCUT2D eigenvalue weighted by atomic mass is 35.5. The van der Waals surface area contributed by atoms with Crippen molar-refractivity contribution in [1.82, 2.24) is 10.9 Å². The molecule has 0 spiro atoms. The van der Waals surface area contributed by atoms with E-state index in [2.05, 4.69) is 10.9 Å². The molecule has 0 aliphatic heterocycles. The number of aryl methyl sites for hydroxylation is 1. The van der Waals surface area contributed by atoms with Crippen LogP contribution in [-0.4, -0.2) is 11.8 Å². The van der Waals surface area contributed by atoms with Crippen molar-refractivity contribution >= 4 is 29.5 Å². The number of rotatable bonds is 3. The largest absolute Gasteiger partial charge is 0.271 e. The number of benzene rings is 2. The van der Waals surface area contributed by atoms with E-state index in [4.69, 9.17) is 11.6 Å². The van der Waals surface area contributed by atoms with Gasteiger partial charge >= 0.3 is 0 Å². The maximum Gasteiger partial charge on any atom is 0.271 e. The zero-order valence-electron chi connectivity index (χ0n) is 12.0. The van der Waals surface area contributed by atoms with Gasteiger partial charge in [0.05, 0.1) is 10.6 Å². The van der Waals surface area contributed by atoms with Gasteiger partial charge in [-0.25, -0.2) is 0 Å². The fourth-order valence-electron chi connectivity index (χ4n) is 1.72. The molecule has 0 fully saturated rings. The smallest absolute Gasteiger partial charge is 0.268 e. The van der Waals surface area contributed by atoms with Gasteiger partial charge in [0.25, 0.3) is 11.8 Å². The molecule has 0 saturated heterocycles. The van der Waals surface area contributed by atoms with Gasteiger partial charge in [0, 0.05) is 6.08 Å². The Kier molecular flexibility index (Phi) is 5.33. The van der Waals surface area contributed by atoms with Gasteiger partial charge in [-0.2, -0.15) is 0 Å². The van der Waals surface area contributed by atoms with Crippen molar-refractivity contribution in [3.05, 3.63) is 76.3 Å². The lowest BCUT2D eigenvalue weighted by molar-refractivity contribution is -0.117. The molecule has 2 aromatic carbocycles. The first kappa shape index (κ1) is 15.8. The minimum absolute atomic E-state index is 0.298. The van der Waals surface area contributed by atoms with E-state index in [0.29, 0.717) is 10.6 Å². The second-order valence-corrected chi connectivity index (χ2v) is 5.07. The van der Waals surface area contributed by atoms with Crippen molar-refractivity contribution in [2.75, 3.05) is 0 Å². The van der Waals surface area contributed by atoms with Crippen LogP contribution in [0.1, 0.15) is 21.5 Å². The third kappa shape index (κ3) is 4.46. The zero-order chi connectivity index (χ0) is 15.9.